The number of carbonyl (C=O) groups is 2. The van der Waals surface area contributed by atoms with Crippen LogP contribution in [0.1, 0.15) is 28.9 Å². The highest BCUT2D eigenvalue weighted by atomic mass is 16.5. The van der Waals surface area contributed by atoms with Crippen LogP contribution in [0, 0.1) is 5.92 Å². The third-order valence-electron chi connectivity index (χ3n) is 6.87. The lowest BCUT2D eigenvalue weighted by molar-refractivity contribution is -0.135. The number of hydrogen-bond acceptors (Lipinski definition) is 5. The standard InChI is InChI=1S/C28H34N4O4/c1-30-15-14-25(29-30)28(34)31(2)26(19-21-8-7-11-24(18-21)35-3)22-12-16-32(17-13-22)27(33)20-36-23-9-5-4-6-10-23/h4-11,14-15,18,22,26H,12-13,16-17,19-20H2,1-3H3/t26-/m1/s1. The number of rotatable bonds is 9. The molecule has 2 aromatic carbocycles. The molecule has 0 N–H and O–H groups in total. The van der Waals surface area contributed by atoms with E-state index in [-0.39, 0.29) is 30.4 Å². The summed E-state index contributed by atoms with van der Waals surface area (Å²) in [7, 11) is 5.31. The van der Waals surface area contributed by atoms with E-state index >= 15 is 0 Å². The largest absolute Gasteiger partial charge is 0.497 e. The monoisotopic (exact) mass is 490 g/mol. The molecule has 1 saturated heterocycles. The van der Waals surface area contributed by atoms with Gasteiger partial charge in [0.05, 0.1) is 7.11 Å². The van der Waals surface area contributed by atoms with Crippen LogP contribution < -0.4 is 9.47 Å². The Bertz CT molecular complexity index is 1160. The normalized spacial score (nSPS) is 14.8. The number of benzene rings is 2. The second-order valence-electron chi connectivity index (χ2n) is 9.23. The Labute approximate surface area is 212 Å². The summed E-state index contributed by atoms with van der Waals surface area (Å²) in [6, 6.07) is 19.1. The molecule has 1 aliphatic heterocycles. The van der Waals surface area contributed by atoms with E-state index in [1.54, 1.807) is 31.1 Å². The van der Waals surface area contributed by atoms with Crippen molar-refractivity contribution < 1.29 is 19.1 Å². The van der Waals surface area contributed by atoms with Gasteiger partial charge in [-0.15, -0.1) is 0 Å². The molecule has 0 aliphatic carbocycles. The van der Waals surface area contributed by atoms with Crippen molar-refractivity contribution in [3.05, 3.63) is 78.1 Å². The van der Waals surface area contributed by atoms with Gasteiger partial charge in [-0.25, -0.2) is 0 Å². The molecule has 0 saturated carbocycles. The zero-order chi connectivity index (χ0) is 25.5. The summed E-state index contributed by atoms with van der Waals surface area (Å²) in [6.07, 6.45) is 4.10. The van der Waals surface area contributed by atoms with Gasteiger partial charge < -0.3 is 19.3 Å². The van der Waals surface area contributed by atoms with E-state index in [1.165, 1.54) is 0 Å². The van der Waals surface area contributed by atoms with Crippen LogP contribution in [0.3, 0.4) is 0 Å². The van der Waals surface area contributed by atoms with E-state index < -0.39 is 0 Å². The van der Waals surface area contributed by atoms with Crippen LogP contribution >= 0.6 is 0 Å². The van der Waals surface area contributed by atoms with Crippen LogP contribution in [0.5, 0.6) is 11.5 Å². The number of carbonyl (C=O) groups excluding carboxylic acids is 2. The number of ether oxygens (including phenoxy) is 2. The van der Waals surface area contributed by atoms with Gasteiger partial charge in [0.2, 0.25) is 0 Å². The first kappa shape index (κ1) is 25.3. The van der Waals surface area contributed by atoms with Crippen molar-refractivity contribution in [2.75, 3.05) is 33.9 Å². The van der Waals surface area contributed by atoms with E-state index in [1.807, 2.05) is 65.4 Å². The van der Waals surface area contributed by atoms with Crippen LogP contribution in [0.4, 0.5) is 0 Å². The molecule has 8 heteroatoms. The topological polar surface area (TPSA) is 76.9 Å². The van der Waals surface area contributed by atoms with Crippen LogP contribution in [0.2, 0.25) is 0 Å². The smallest absolute Gasteiger partial charge is 0.274 e. The van der Waals surface area contributed by atoms with Gasteiger partial charge in [-0.3, -0.25) is 14.3 Å². The highest BCUT2D eigenvalue weighted by Crippen LogP contribution is 2.28. The number of piperidine rings is 1. The number of methoxy groups -OCH3 is 1. The Morgan fingerprint density at radius 3 is 2.44 bits per heavy atom. The van der Waals surface area contributed by atoms with E-state index in [4.69, 9.17) is 9.47 Å². The Kier molecular flexibility index (Phi) is 8.25. The van der Waals surface area contributed by atoms with Gasteiger partial charge in [-0.05, 0) is 61.1 Å². The van der Waals surface area contributed by atoms with E-state index in [2.05, 4.69) is 11.2 Å². The van der Waals surface area contributed by atoms with E-state index in [9.17, 15) is 9.59 Å². The minimum absolute atomic E-state index is 0.0143. The van der Waals surface area contributed by atoms with Crippen molar-refractivity contribution in [1.29, 1.82) is 0 Å². The summed E-state index contributed by atoms with van der Waals surface area (Å²) in [4.78, 5) is 29.7. The summed E-state index contributed by atoms with van der Waals surface area (Å²) in [5, 5.41) is 4.31. The summed E-state index contributed by atoms with van der Waals surface area (Å²) in [5.74, 6) is 1.61. The lowest BCUT2D eigenvalue weighted by Gasteiger charge is -2.40. The fourth-order valence-corrected chi connectivity index (χ4v) is 4.81. The van der Waals surface area contributed by atoms with Gasteiger partial charge in [0, 0.05) is 39.4 Å². The number of nitrogens with zero attached hydrogens (tertiary/aromatic N) is 4. The van der Waals surface area contributed by atoms with Crippen LogP contribution in [0.15, 0.2) is 66.9 Å². The average molecular weight is 491 g/mol. The van der Waals surface area contributed by atoms with Gasteiger partial charge in [-0.2, -0.15) is 5.10 Å². The Morgan fingerprint density at radius 1 is 1.06 bits per heavy atom. The SMILES string of the molecule is COc1cccc(C[C@H](C2CCN(C(=O)COc3ccccc3)CC2)N(C)C(=O)c2ccn(C)n2)c1. The predicted molar refractivity (Wildman–Crippen MR) is 137 cm³/mol. The van der Waals surface area contributed by atoms with Crippen molar-refractivity contribution in [2.24, 2.45) is 13.0 Å². The first-order chi connectivity index (χ1) is 17.4. The third-order valence-corrected chi connectivity index (χ3v) is 6.87. The van der Waals surface area contributed by atoms with Crippen LogP contribution in [0.25, 0.3) is 0 Å². The number of aryl methyl sites for hydroxylation is 1. The molecule has 8 nitrogen and oxygen atoms in total. The summed E-state index contributed by atoms with van der Waals surface area (Å²) < 4.78 is 12.7. The Morgan fingerprint density at radius 2 is 1.78 bits per heavy atom. The number of likely N-dealkylation sites (tertiary alicyclic amines) is 1. The fourth-order valence-electron chi connectivity index (χ4n) is 4.81. The molecule has 3 aromatic rings. The fraction of sp³-hybridized carbons (Fsp3) is 0.393. The van der Waals surface area contributed by atoms with Gasteiger partial charge in [0.1, 0.15) is 17.2 Å². The zero-order valence-electron chi connectivity index (χ0n) is 21.2. The lowest BCUT2D eigenvalue weighted by atomic mass is 9.84. The highest BCUT2D eigenvalue weighted by molar-refractivity contribution is 5.92. The van der Waals surface area contributed by atoms with Crippen LogP contribution in [-0.4, -0.2) is 71.3 Å². The highest BCUT2D eigenvalue weighted by Gasteiger charge is 2.33. The lowest BCUT2D eigenvalue weighted by Crippen LogP contribution is -2.49. The first-order valence-corrected chi connectivity index (χ1v) is 12.3. The second-order valence-corrected chi connectivity index (χ2v) is 9.23. The number of aromatic nitrogens is 2. The molecule has 2 amide bonds. The molecule has 0 unspecified atom stereocenters. The van der Waals surface area contributed by atoms with E-state index in [0.29, 0.717) is 31.0 Å². The molecule has 36 heavy (non-hydrogen) atoms. The molecular formula is C28H34N4O4. The molecule has 4 rings (SSSR count). The third kappa shape index (κ3) is 6.24. The number of para-hydroxylation sites is 1. The van der Waals surface area contributed by atoms with Gasteiger partial charge in [0.15, 0.2) is 6.61 Å². The molecule has 1 aliphatic rings. The quantitative estimate of drug-likeness (QED) is 0.459. The second kappa shape index (κ2) is 11.7. The summed E-state index contributed by atoms with van der Waals surface area (Å²) >= 11 is 0. The molecule has 1 aromatic heterocycles. The van der Waals surface area contributed by atoms with Gasteiger partial charge in [0.25, 0.3) is 11.8 Å². The molecule has 1 fully saturated rings. The molecule has 1 atom stereocenters. The maximum atomic E-state index is 13.3. The minimum Gasteiger partial charge on any atom is -0.497 e. The predicted octanol–water partition coefficient (Wildman–Crippen LogP) is 3.43. The Balaban J connectivity index is 1.43. The molecule has 0 bridgehead atoms. The molecule has 190 valence electrons. The van der Waals surface area contributed by atoms with Crippen molar-refractivity contribution in [3.63, 3.8) is 0 Å². The molecule has 2 heterocycles. The van der Waals surface area contributed by atoms with Gasteiger partial charge in [-0.1, -0.05) is 30.3 Å². The van der Waals surface area contributed by atoms with Crippen molar-refractivity contribution in [3.8, 4) is 11.5 Å². The first-order valence-electron chi connectivity index (χ1n) is 12.3. The average Bonchev–Trinajstić information content (AvgIpc) is 3.36. The van der Waals surface area contributed by atoms with Gasteiger partial charge >= 0.3 is 0 Å². The number of amides is 2. The van der Waals surface area contributed by atoms with Crippen molar-refractivity contribution in [1.82, 2.24) is 19.6 Å². The maximum absolute atomic E-state index is 13.3. The Hall–Kier alpha value is -3.81. The molecule has 0 spiro atoms. The molecular weight excluding hydrogens is 456 g/mol. The maximum Gasteiger partial charge on any atom is 0.274 e. The number of hydrogen-bond donors (Lipinski definition) is 0. The van der Waals surface area contributed by atoms with Crippen LogP contribution in [-0.2, 0) is 18.3 Å². The summed E-state index contributed by atoms with van der Waals surface area (Å²) in [5.41, 5.74) is 1.54. The minimum atomic E-state index is -0.0988. The summed E-state index contributed by atoms with van der Waals surface area (Å²) in [6.45, 7) is 1.31. The van der Waals surface area contributed by atoms with E-state index in [0.717, 1.165) is 24.2 Å². The van der Waals surface area contributed by atoms with Crippen molar-refractivity contribution >= 4 is 11.8 Å². The molecule has 0 radical (unpaired) electrons. The van der Waals surface area contributed by atoms with Crippen molar-refractivity contribution in [2.45, 2.75) is 25.3 Å². The zero-order valence-corrected chi connectivity index (χ0v) is 21.2. The number of likely N-dealkylation sites (N-methyl/N-ethyl adjacent to an activating group) is 1.